The first-order valence-corrected chi connectivity index (χ1v) is 4.53. The molecule has 0 bridgehead atoms. The third-order valence-corrected chi connectivity index (χ3v) is 1.98. The van der Waals surface area contributed by atoms with Crippen LogP contribution >= 0.6 is 0 Å². The lowest BCUT2D eigenvalue weighted by Crippen LogP contribution is -2.38. The van der Waals surface area contributed by atoms with Gasteiger partial charge in [0.1, 0.15) is 6.04 Å². The summed E-state index contributed by atoms with van der Waals surface area (Å²) in [5.41, 5.74) is 5.31. The van der Waals surface area contributed by atoms with Crippen LogP contribution in [0.5, 0.6) is 0 Å². The number of nitrogens with zero attached hydrogens (tertiary/aromatic N) is 1. The molecular weight excluding hydrogens is 188 g/mol. The van der Waals surface area contributed by atoms with E-state index in [0.29, 0.717) is 13.1 Å². The minimum Gasteiger partial charge on any atom is -0.481 e. The Morgan fingerprint density at radius 3 is 2.50 bits per heavy atom. The number of hydrogen-bond acceptors (Lipinski definition) is 5. The molecule has 0 aromatic heterocycles. The van der Waals surface area contributed by atoms with E-state index in [0.717, 1.165) is 12.8 Å². The summed E-state index contributed by atoms with van der Waals surface area (Å²) in [6.07, 6.45) is 1.58. The molecule has 1 rings (SSSR count). The minimum absolute atomic E-state index is 0.396. The van der Waals surface area contributed by atoms with Gasteiger partial charge in [0.2, 0.25) is 0 Å². The van der Waals surface area contributed by atoms with Crippen LogP contribution in [0.1, 0.15) is 19.3 Å². The SMILES string of the molecule is N[C@@H](CC(=O)O)C(=O)ON1CCCC1. The third-order valence-electron chi connectivity index (χ3n) is 1.98. The van der Waals surface area contributed by atoms with E-state index in [2.05, 4.69) is 0 Å². The average molecular weight is 202 g/mol. The van der Waals surface area contributed by atoms with Crippen molar-refractivity contribution in [3.05, 3.63) is 0 Å². The van der Waals surface area contributed by atoms with Gasteiger partial charge in [-0.25, -0.2) is 4.79 Å². The van der Waals surface area contributed by atoms with E-state index in [4.69, 9.17) is 15.7 Å². The van der Waals surface area contributed by atoms with Crippen LogP contribution in [0.4, 0.5) is 0 Å². The molecule has 0 spiro atoms. The molecule has 6 heteroatoms. The molecule has 1 aliphatic rings. The summed E-state index contributed by atoms with van der Waals surface area (Å²) in [4.78, 5) is 26.3. The Balaban J connectivity index is 2.29. The predicted octanol–water partition coefficient (Wildman–Crippen LogP) is -0.658. The summed E-state index contributed by atoms with van der Waals surface area (Å²) in [6, 6.07) is -1.08. The van der Waals surface area contributed by atoms with Crippen LogP contribution in [0.25, 0.3) is 0 Å². The minimum atomic E-state index is -1.10. The van der Waals surface area contributed by atoms with Crippen molar-refractivity contribution in [3.8, 4) is 0 Å². The van der Waals surface area contributed by atoms with Gasteiger partial charge in [0.05, 0.1) is 6.42 Å². The number of carboxylic acids is 1. The second-order valence-electron chi connectivity index (χ2n) is 3.25. The molecule has 0 aliphatic carbocycles. The van der Waals surface area contributed by atoms with Gasteiger partial charge in [0.15, 0.2) is 0 Å². The summed E-state index contributed by atoms with van der Waals surface area (Å²) >= 11 is 0. The zero-order chi connectivity index (χ0) is 10.6. The molecule has 80 valence electrons. The molecule has 1 aliphatic heterocycles. The Morgan fingerprint density at radius 2 is 2.00 bits per heavy atom. The summed E-state index contributed by atoms with van der Waals surface area (Å²) < 4.78 is 0. The van der Waals surface area contributed by atoms with Crippen molar-refractivity contribution >= 4 is 11.9 Å². The van der Waals surface area contributed by atoms with E-state index in [1.165, 1.54) is 5.06 Å². The summed E-state index contributed by atoms with van der Waals surface area (Å²) in [5, 5.41) is 9.91. The van der Waals surface area contributed by atoms with Crippen LogP contribution in [0.15, 0.2) is 0 Å². The van der Waals surface area contributed by atoms with E-state index in [9.17, 15) is 9.59 Å². The highest BCUT2D eigenvalue weighted by Gasteiger charge is 2.23. The largest absolute Gasteiger partial charge is 0.481 e. The van der Waals surface area contributed by atoms with Crippen LogP contribution in [0, 0.1) is 0 Å². The average Bonchev–Trinajstić information content (AvgIpc) is 2.55. The van der Waals surface area contributed by atoms with Gasteiger partial charge < -0.3 is 15.7 Å². The molecule has 1 saturated heterocycles. The van der Waals surface area contributed by atoms with Crippen molar-refractivity contribution in [3.63, 3.8) is 0 Å². The van der Waals surface area contributed by atoms with Crippen LogP contribution < -0.4 is 5.73 Å². The molecule has 0 unspecified atom stereocenters. The Bertz CT molecular complexity index is 225. The highest BCUT2D eigenvalue weighted by atomic mass is 16.7. The zero-order valence-electron chi connectivity index (χ0n) is 7.81. The van der Waals surface area contributed by atoms with Gasteiger partial charge >= 0.3 is 11.9 Å². The van der Waals surface area contributed by atoms with Crippen molar-refractivity contribution in [1.29, 1.82) is 0 Å². The lowest BCUT2D eigenvalue weighted by atomic mass is 10.2. The molecule has 1 atom stereocenters. The van der Waals surface area contributed by atoms with Gasteiger partial charge in [-0.3, -0.25) is 4.79 Å². The van der Waals surface area contributed by atoms with E-state index < -0.39 is 24.4 Å². The fourth-order valence-corrected chi connectivity index (χ4v) is 1.25. The number of nitrogens with two attached hydrogens (primary N) is 1. The Morgan fingerprint density at radius 1 is 1.43 bits per heavy atom. The quantitative estimate of drug-likeness (QED) is 0.628. The second kappa shape index (κ2) is 4.92. The Hall–Kier alpha value is -1.14. The standard InChI is InChI=1S/C8H14N2O4/c9-6(5-7(11)12)8(13)14-10-3-1-2-4-10/h6H,1-5,9H2,(H,11,12)/t6-/m0/s1. The fourth-order valence-electron chi connectivity index (χ4n) is 1.25. The molecule has 0 amide bonds. The molecule has 1 heterocycles. The van der Waals surface area contributed by atoms with E-state index in [1.54, 1.807) is 0 Å². The normalized spacial score (nSPS) is 19.2. The molecule has 0 aromatic carbocycles. The number of carbonyl (C=O) groups is 2. The number of aliphatic carboxylic acids is 1. The topological polar surface area (TPSA) is 92.9 Å². The molecule has 0 saturated carbocycles. The molecule has 0 aromatic rings. The Labute approximate surface area is 81.6 Å². The van der Waals surface area contributed by atoms with Crippen LogP contribution in [-0.2, 0) is 14.4 Å². The summed E-state index contributed by atoms with van der Waals surface area (Å²) in [6.45, 7) is 1.40. The number of carboxylic acid groups (broad SMARTS) is 1. The maximum atomic E-state index is 11.2. The fraction of sp³-hybridized carbons (Fsp3) is 0.750. The van der Waals surface area contributed by atoms with Crippen molar-refractivity contribution in [2.75, 3.05) is 13.1 Å². The van der Waals surface area contributed by atoms with Crippen molar-refractivity contribution < 1.29 is 19.5 Å². The molecule has 14 heavy (non-hydrogen) atoms. The molecular formula is C8H14N2O4. The van der Waals surface area contributed by atoms with Gasteiger partial charge in [-0.05, 0) is 12.8 Å². The van der Waals surface area contributed by atoms with E-state index >= 15 is 0 Å². The molecule has 0 radical (unpaired) electrons. The number of rotatable bonds is 4. The van der Waals surface area contributed by atoms with Crippen molar-refractivity contribution in [2.45, 2.75) is 25.3 Å². The van der Waals surface area contributed by atoms with Gasteiger partial charge in [-0.1, -0.05) is 0 Å². The smallest absolute Gasteiger partial charge is 0.342 e. The highest BCUT2D eigenvalue weighted by molar-refractivity contribution is 5.81. The van der Waals surface area contributed by atoms with Crippen LogP contribution in [-0.4, -0.2) is 41.2 Å². The number of hydrogen-bond donors (Lipinski definition) is 2. The summed E-state index contributed by atoms with van der Waals surface area (Å²) in [5.74, 6) is -1.77. The van der Waals surface area contributed by atoms with Gasteiger partial charge in [-0.2, -0.15) is 0 Å². The summed E-state index contributed by atoms with van der Waals surface area (Å²) in [7, 11) is 0. The highest BCUT2D eigenvalue weighted by Crippen LogP contribution is 2.08. The van der Waals surface area contributed by atoms with E-state index in [-0.39, 0.29) is 0 Å². The van der Waals surface area contributed by atoms with E-state index in [1.807, 2.05) is 0 Å². The van der Waals surface area contributed by atoms with Gasteiger partial charge in [0.25, 0.3) is 0 Å². The lowest BCUT2D eigenvalue weighted by molar-refractivity contribution is -0.187. The van der Waals surface area contributed by atoms with Crippen molar-refractivity contribution in [2.24, 2.45) is 5.73 Å². The molecule has 6 nitrogen and oxygen atoms in total. The first-order valence-electron chi connectivity index (χ1n) is 4.53. The first-order chi connectivity index (χ1) is 6.59. The maximum Gasteiger partial charge on any atom is 0.342 e. The van der Waals surface area contributed by atoms with Crippen LogP contribution in [0.2, 0.25) is 0 Å². The molecule has 1 fully saturated rings. The van der Waals surface area contributed by atoms with Crippen LogP contribution in [0.3, 0.4) is 0 Å². The first kappa shape index (κ1) is 10.9. The van der Waals surface area contributed by atoms with Gasteiger partial charge in [0, 0.05) is 13.1 Å². The number of hydroxylamine groups is 2. The van der Waals surface area contributed by atoms with Crippen molar-refractivity contribution in [1.82, 2.24) is 5.06 Å². The zero-order valence-corrected chi connectivity index (χ0v) is 7.81. The monoisotopic (exact) mass is 202 g/mol. The van der Waals surface area contributed by atoms with Gasteiger partial charge in [-0.15, -0.1) is 5.06 Å². The third kappa shape index (κ3) is 3.31. The molecule has 3 N–H and O–H groups in total. The number of carbonyl (C=O) groups excluding carboxylic acids is 1. The second-order valence-corrected chi connectivity index (χ2v) is 3.25. The Kier molecular flexibility index (Phi) is 3.84. The maximum absolute atomic E-state index is 11.2. The predicted molar refractivity (Wildman–Crippen MR) is 47.1 cm³/mol. The lowest BCUT2D eigenvalue weighted by Gasteiger charge is -2.16.